The van der Waals surface area contributed by atoms with E-state index in [0.717, 1.165) is 11.4 Å². The number of nitrogens with zero attached hydrogens (tertiary/aromatic N) is 1. The number of H-pyrrole nitrogens is 1. The molecule has 0 atom stereocenters. The van der Waals surface area contributed by atoms with Gasteiger partial charge in [0, 0.05) is 6.20 Å². The van der Waals surface area contributed by atoms with Crippen LogP contribution in [-0.4, -0.2) is 11.2 Å². The lowest BCUT2D eigenvalue weighted by molar-refractivity contribution is 0.871. The first-order valence-corrected chi connectivity index (χ1v) is 2.68. The minimum absolute atomic E-state index is 1.01. The zero-order chi connectivity index (χ0) is 6.10. The molecule has 0 spiro atoms. The van der Waals surface area contributed by atoms with Gasteiger partial charge in [-0.1, -0.05) is 0 Å². The van der Waals surface area contributed by atoms with Gasteiger partial charge in [-0.2, -0.15) is 5.10 Å². The van der Waals surface area contributed by atoms with Crippen LogP contribution in [0.25, 0.3) is 0 Å². The van der Waals surface area contributed by atoms with Crippen molar-refractivity contribution < 1.29 is 0 Å². The van der Waals surface area contributed by atoms with E-state index >= 15 is 0 Å². The number of aromatic nitrogens is 1. The van der Waals surface area contributed by atoms with Gasteiger partial charge in [-0.05, 0) is 6.07 Å². The average Bonchev–Trinajstić information content (AvgIpc) is 2.33. The molecular weight excluding hydrogens is 116 g/mol. The predicted octanol–water partition coefficient (Wildman–Crippen LogP) is 0.279. The maximum absolute atomic E-state index is 3.77. The van der Waals surface area contributed by atoms with Gasteiger partial charge in [0.25, 0.3) is 0 Å². The molecule has 0 unspecified atom stereocenters. The lowest BCUT2D eigenvalue weighted by Gasteiger charge is -2.07. The van der Waals surface area contributed by atoms with E-state index in [2.05, 4.69) is 21.0 Å². The number of hydrazine groups is 1. The fourth-order valence-electron chi connectivity index (χ4n) is 0.787. The van der Waals surface area contributed by atoms with Gasteiger partial charge in [0.1, 0.15) is 0 Å². The monoisotopic (exact) mass is 122 g/mol. The fraction of sp³-hybridized carbons (Fsp3) is 0. The smallest absolute Gasteiger partial charge is 0.0839 e. The minimum atomic E-state index is 1.01. The molecule has 1 aliphatic heterocycles. The number of nitrogens with one attached hydrogen (secondary N) is 3. The number of anilines is 1. The Balaban J connectivity index is 2.53. The normalized spacial score (nSPS) is 13.8. The molecule has 4 heteroatoms. The molecule has 0 aromatic carbocycles. The van der Waals surface area contributed by atoms with E-state index in [-0.39, 0.29) is 0 Å². The van der Waals surface area contributed by atoms with E-state index in [1.54, 1.807) is 6.21 Å². The van der Waals surface area contributed by atoms with E-state index in [1.165, 1.54) is 0 Å². The molecule has 1 aromatic heterocycles. The number of hydrogen-bond acceptors (Lipinski definition) is 3. The lowest BCUT2D eigenvalue weighted by Crippen LogP contribution is -2.19. The van der Waals surface area contributed by atoms with Crippen LogP contribution in [-0.2, 0) is 0 Å². The molecule has 0 saturated carbocycles. The largest absolute Gasteiger partial charge is 0.359 e. The van der Waals surface area contributed by atoms with Crippen molar-refractivity contribution in [3.8, 4) is 0 Å². The van der Waals surface area contributed by atoms with Gasteiger partial charge < -0.3 is 4.98 Å². The Labute approximate surface area is 51.9 Å². The molecule has 0 amide bonds. The van der Waals surface area contributed by atoms with Crippen LogP contribution in [0, 0.1) is 0 Å². The number of aromatic amines is 1. The number of rotatable bonds is 0. The summed E-state index contributed by atoms with van der Waals surface area (Å²) in [7, 11) is 0. The van der Waals surface area contributed by atoms with Gasteiger partial charge in [0.2, 0.25) is 0 Å². The van der Waals surface area contributed by atoms with Crippen molar-refractivity contribution in [2.45, 2.75) is 0 Å². The molecule has 9 heavy (non-hydrogen) atoms. The second kappa shape index (κ2) is 1.51. The third-order valence-electron chi connectivity index (χ3n) is 1.23. The maximum Gasteiger partial charge on any atom is 0.0839 e. The van der Waals surface area contributed by atoms with E-state index in [0.29, 0.717) is 0 Å². The molecule has 46 valence electrons. The standard InChI is InChI=1S/C5H6N4/c1-2-6-5-3-7-9-8-4(1)5/h1-3,6,8-9H. The van der Waals surface area contributed by atoms with Gasteiger partial charge in [-0.3, -0.25) is 5.43 Å². The lowest BCUT2D eigenvalue weighted by atomic mass is 10.4. The molecule has 3 N–H and O–H groups in total. The Morgan fingerprint density at radius 3 is 3.33 bits per heavy atom. The fourth-order valence-corrected chi connectivity index (χ4v) is 0.787. The van der Waals surface area contributed by atoms with Crippen molar-refractivity contribution in [1.29, 1.82) is 0 Å². The minimum Gasteiger partial charge on any atom is -0.359 e. The molecular formula is C5H6N4. The van der Waals surface area contributed by atoms with Gasteiger partial charge in [-0.15, -0.1) is 0 Å². The Hall–Kier alpha value is -1.45. The predicted molar refractivity (Wildman–Crippen MR) is 35.1 cm³/mol. The number of hydrazone groups is 1. The van der Waals surface area contributed by atoms with Crippen LogP contribution in [0.2, 0.25) is 0 Å². The molecule has 0 fully saturated rings. The highest BCUT2D eigenvalue weighted by Crippen LogP contribution is 2.11. The second-order valence-corrected chi connectivity index (χ2v) is 1.80. The molecule has 1 aromatic rings. The van der Waals surface area contributed by atoms with Crippen LogP contribution in [0.3, 0.4) is 0 Å². The SMILES string of the molecule is C1=NNNc2cc[nH]c21. The van der Waals surface area contributed by atoms with Gasteiger partial charge in [0.05, 0.1) is 17.6 Å². The van der Waals surface area contributed by atoms with E-state index < -0.39 is 0 Å². The molecule has 1 aliphatic rings. The Kier molecular flexibility index (Phi) is 0.745. The molecule has 0 aliphatic carbocycles. The maximum atomic E-state index is 3.77. The van der Waals surface area contributed by atoms with E-state index in [9.17, 15) is 0 Å². The summed E-state index contributed by atoms with van der Waals surface area (Å²) in [6.45, 7) is 0. The van der Waals surface area contributed by atoms with Crippen molar-refractivity contribution in [2.75, 3.05) is 5.43 Å². The molecule has 4 nitrogen and oxygen atoms in total. The van der Waals surface area contributed by atoms with Crippen LogP contribution in [0.4, 0.5) is 5.69 Å². The summed E-state index contributed by atoms with van der Waals surface area (Å²) in [4.78, 5) is 3.01. The van der Waals surface area contributed by atoms with Gasteiger partial charge in [0.15, 0.2) is 0 Å². The summed E-state index contributed by atoms with van der Waals surface area (Å²) in [5.74, 6) is 0. The van der Waals surface area contributed by atoms with Gasteiger partial charge >= 0.3 is 0 Å². The Morgan fingerprint density at radius 2 is 2.44 bits per heavy atom. The van der Waals surface area contributed by atoms with E-state index in [4.69, 9.17) is 0 Å². The zero-order valence-corrected chi connectivity index (χ0v) is 4.68. The third kappa shape index (κ3) is 0.561. The van der Waals surface area contributed by atoms with Crippen LogP contribution in [0.5, 0.6) is 0 Å². The molecule has 2 rings (SSSR count). The summed E-state index contributed by atoms with van der Waals surface area (Å²) in [5.41, 5.74) is 7.53. The van der Waals surface area contributed by atoms with Crippen LogP contribution < -0.4 is 11.0 Å². The molecule has 0 radical (unpaired) electrons. The summed E-state index contributed by atoms with van der Waals surface area (Å²) in [5, 5.41) is 3.77. The molecule has 0 saturated heterocycles. The van der Waals surface area contributed by atoms with Crippen molar-refractivity contribution >= 4 is 11.9 Å². The topological polar surface area (TPSA) is 52.2 Å². The summed E-state index contributed by atoms with van der Waals surface area (Å²) >= 11 is 0. The highest BCUT2D eigenvalue weighted by Gasteiger charge is 2.01. The summed E-state index contributed by atoms with van der Waals surface area (Å²) < 4.78 is 0. The van der Waals surface area contributed by atoms with Gasteiger partial charge in [-0.25, -0.2) is 5.53 Å². The molecule has 0 bridgehead atoms. The first-order valence-electron chi connectivity index (χ1n) is 2.68. The zero-order valence-electron chi connectivity index (χ0n) is 4.68. The van der Waals surface area contributed by atoms with Crippen molar-refractivity contribution in [3.63, 3.8) is 0 Å². The van der Waals surface area contributed by atoms with Crippen molar-refractivity contribution in [3.05, 3.63) is 18.0 Å². The van der Waals surface area contributed by atoms with Crippen molar-refractivity contribution in [1.82, 2.24) is 10.5 Å². The Morgan fingerprint density at radius 1 is 1.44 bits per heavy atom. The first kappa shape index (κ1) is 4.43. The van der Waals surface area contributed by atoms with Crippen LogP contribution in [0.15, 0.2) is 17.4 Å². The molecule has 2 heterocycles. The number of fused-ring (bicyclic) bond motifs is 1. The van der Waals surface area contributed by atoms with Crippen molar-refractivity contribution in [2.24, 2.45) is 5.10 Å². The van der Waals surface area contributed by atoms with Crippen LogP contribution in [0.1, 0.15) is 5.69 Å². The van der Waals surface area contributed by atoms with E-state index in [1.807, 2.05) is 12.3 Å². The summed E-state index contributed by atoms with van der Waals surface area (Å²) in [6.07, 6.45) is 3.59. The Bertz CT molecular complexity index is 237. The number of hydrogen-bond donors (Lipinski definition) is 3. The summed E-state index contributed by atoms with van der Waals surface area (Å²) in [6, 6.07) is 1.94. The first-order chi connectivity index (χ1) is 4.47. The quantitative estimate of drug-likeness (QED) is 0.463. The highest BCUT2D eigenvalue weighted by atomic mass is 15.6. The average molecular weight is 122 g/mol. The highest BCUT2D eigenvalue weighted by molar-refractivity contribution is 5.86. The third-order valence-corrected chi connectivity index (χ3v) is 1.23. The second-order valence-electron chi connectivity index (χ2n) is 1.80. The van der Waals surface area contributed by atoms with Crippen LogP contribution >= 0.6 is 0 Å².